The van der Waals surface area contributed by atoms with Crippen molar-refractivity contribution >= 4 is 74.9 Å². The van der Waals surface area contributed by atoms with E-state index in [-0.39, 0.29) is 23.5 Å². The first-order chi connectivity index (χ1) is 33.8. The highest BCUT2D eigenvalue weighted by atomic mass is 32.1. The fourth-order valence-electron chi connectivity index (χ4n) is 9.35. The largest absolute Gasteiger partial charge is 0.309 e. The third-order valence-corrected chi connectivity index (χ3v) is 13.5. The average molecular weight is 838 g/mol. The Kier molecular flexibility index (Phi) is 7.25. The van der Waals surface area contributed by atoms with E-state index >= 15 is 0 Å². The fraction of sp³-hybridized carbons (Fsp3) is 0. The molecule has 10 aromatic carbocycles. The summed E-state index contributed by atoms with van der Waals surface area (Å²) in [6, 6.07) is 63.1. The number of thiophene rings is 1. The molecule has 64 heavy (non-hydrogen) atoms. The number of para-hydroxylation sites is 2. The van der Waals surface area contributed by atoms with E-state index in [1.54, 1.807) is 11.3 Å². The maximum atomic E-state index is 9.12. The minimum Gasteiger partial charge on any atom is -0.309 e. The van der Waals surface area contributed by atoms with E-state index in [4.69, 9.17) is 21.8 Å². The molecule has 0 radical (unpaired) electrons. The second-order valence-corrected chi connectivity index (χ2v) is 17.0. The van der Waals surface area contributed by atoms with E-state index in [1.165, 1.54) is 5.56 Å². The molecule has 0 bridgehead atoms. The molecule has 3 aromatic heterocycles. The molecule has 0 spiro atoms. The third-order valence-electron chi connectivity index (χ3n) is 12.3. The Labute approximate surface area is 380 Å². The van der Waals surface area contributed by atoms with Crippen LogP contribution in [0.25, 0.3) is 126 Å². The SMILES string of the molecule is [2H]c1c([2H])c([2H])c(-c2nc(-c3cc4ccccc4c4ccccc34)nc(-c3cc(-n4c5ccccc5c5ccccc54)cc4c3sc3ccc(-c5ccc(-c6ccccc6)cc5)cc34)n2)c([2H])c1[2H]. The summed E-state index contributed by atoms with van der Waals surface area (Å²) in [5, 5.41) is 8.33. The summed E-state index contributed by atoms with van der Waals surface area (Å²) in [6.07, 6.45) is 0. The topological polar surface area (TPSA) is 43.6 Å². The van der Waals surface area contributed by atoms with Gasteiger partial charge in [0.2, 0.25) is 0 Å². The van der Waals surface area contributed by atoms with Crippen molar-refractivity contribution in [3.05, 3.63) is 218 Å². The predicted octanol–water partition coefficient (Wildman–Crippen LogP) is 16.0. The van der Waals surface area contributed by atoms with Crippen molar-refractivity contribution in [2.75, 3.05) is 0 Å². The molecule has 298 valence electrons. The van der Waals surface area contributed by atoms with Crippen LogP contribution in [0.5, 0.6) is 0 Å². The number of rotatable bonds is 6. The van der Waals surface area contributed by atoms with Gasteiger partial charge in [-0.25, -0.2) is 15.0 Å². The summed E-state index contributed by atoms with van der Waals surface area (Å²) >= 11 is 1.65. The first-order valence-electron chi connectivity index (χ1n) is 23.7. The molecule has 13 rings (SSSR count). The molecule has 0 aliphatic rings. The van der Waals surface area contributed by atoms with Crippen molar-refractivity contribution in [3.63, 3.8) is 0 Å². The summed E-state index contributed by atoms with van der Waals surface area (Å²) in [7, 11) is 0. The number of aromatic nitrogens is 4. The first-order valence-corrected chi connectivity index (χ1v) is 22.0. The van der Waals surface area contributed by atoms with Gasteiger partial charge in [0, 0.05) is 53.3 Å². The van der Waals surface area contributed by atoms with Crippen LogP contribution in [-0.2, 0) is 0 Å². The highest BCUT2D eigenvalue weighted by Crippen LogP contribution is 2.45. The van der Waals surface area contributed by atoms with Gasteiger partial charge in [-0.3, -0.25) is 0 Å². The quantitative estimate of drug-likeness (QED) is 0.157. The van der Waals surface area contributed by atoms with Crippen molar-refractivity contribution < 1.29 is 6.85 Å². The first kappa shape index (κ1) is 31.6. The Balaban J connectivity index is 1.12. The lowest BCUT2D eigenvalue weighted by molar-refractivity contribution is 1.08. The summed E-state index contributed by atoms with van der Waals surface area (Å²) in [5.41, 5.74) is 8.85. The molecule has 0 aliphatic heterocycles. The van der Waals surface area contributed by atoms with Crippen LogP contribution in [0.3, 0.4) is 0 Å². The number of benzene rings is 10. The van der Waals surface area contributed by atoms with E-state index in [0.29, 0.717) is 11.6 Å². The zero-order valence-electron chi connectivity index (χ0n) is 39.1. The third kappa shape index (κ3) is 5.93. The molecule has 5 heteroatoms. The minimum atomic E-state index is -0.485. The molecule has 0 aliphatic carbocycles. The smallest absolute Gasteiger partial charge is 0.165 e. The summed E-state index contributed by atoms with van der Waals surface area (Å²) in [4.78, 5) is 15.6. The van der Waals surface area contributed by atoms with Crippen LogP contribution in [0.1, 0.15) is 6.85 Å². The van der Waals surface area contributed by atoms with E-state index in [9.17, 15) is 0 Å². The van der Waals surface area contributed by atoms with Crippen LogP contribution in [-0.4, -0.2) is 19.5 Å². The highest BCUT2D eigenvalue weighted by molar-refractivity contribution is 7.26. The van der Waals surface area contributed by atoms with Crippen LogP contribution in [0.15, 0.2) is 218 Å². The van der Waals surface area contributed by atoms with Gasteiger partial charge in [0.25, 0.3) is 0 Å². The Bertz CT molecular complexity index is 4180. The number of fused-ring (bicyclic) bond motifs is 9. The van der Waals surface area contributed by atoms with E-state index in [0.717, 1.165) is 97.0 Å². The number of nitrogens with zero attached hydrogens (tertiary/aromatic N) is 4. The van der Waals surface area contributed by atoms with Crippen molar-refractivity contribution in [1.29, 1.82) is 0 Å². The highest BCUT2D eigenvalue weighted by Gasteiger charge is 2.22. The average Bonchev–Trinajstić information content (AvgIpc) is 3.95. The van der Waals surface area contributed by atoms with E-state index in [1.807, 2.05) is 36.4 Å². The van der Waals surface area contributed by atoms with Crippen LogP contribution in [0.2, 0.25) is 0 Å². The Morgan fingerprint density at radius 3 is 1.67 bits per heavy atom. The molecule has 13 aromatic rings. The minimum absolute atomic E-state index is 0.0120. The van der Waals surface area contributed by atoms with Gasteiger partial charge >= 0.3 is 0 Å². The van der Waals surface area contributed by atoms with E-state index in [2.05, 4.69) is 156 Å². The van der Waals surface area contributed by atoms with Crippen molar-refractivity contribution in [2.45, 2.75) is 0 Å². The van der Waals surface area contributed by atoms with Crippen LogP contribution < -0.4 is 0 Å². The van der Waals surface area contributed by atoms with Crippen molar-refractivity contribution in [1.82, 2.24) is 19.5 Å². The Morgan fingerprint density at radius 2 is 0.938 bits per heavy atom. The summed E-state index contributed by atoms with van der Waals surface area (Å²) in [5.74, 6) is 0.624. The van der Waals surface area contributed by atoms with E-state index < -0.39 is 18.1 Å². The number of hydrogen-bond acceptors (Lipinski definition) is 4. The fourth-order valence-corrected chi connectivity index (χ4v) is 10.5. The molecule has 4 nitrogen and oxygen atoms in total. The van der Waals surface area contributed by atoms with Crippen LogP contribution in [0.4, 0.5) is 0 Å². The zero-order valence-corrected chi connectivity index (χ0v) is 34.9. The maximum absolute atomic E-state index is 9.12. The van der Waals surface area contributed by atoms with Gasteiger partial charge < -0.3 is 4.57 Å². The lowest BCUT2D eigenvalue weighted by atomic mass is 9.96. The van der Waals surface area contributed by atoms with Crippen molar-refractivity contribution in [3.8, 4) is 62.1 Å². The molecular formula is C59H36N4S. The monoisotopic (exact) mass is 837 g/mol. The molecule has 0 amide bonds. The van der Waals surface area contributed by atoms with Gasteiger partial charge in [-0.2, -0.15) is 0 Å². The van der Waals surface area contributed by atoms with Crippen LogP contribution >= 0.6 is 11.3 Å². The molecule has 0 saturated carbocycles. The zero-order chi connectivity index (χ0) is 46.5. The Hall–Kier alpha value is -8.25. The summed E-state index contributed by atoms with van der Waals surface area (Å²) in [6.45, 7) is 0. The molecule has 0 N–H and O–H groups in total. The second kappa shape index (κ2) is 14.7. The summed E-state index contributed by atoms with van der Waals surface area (Å²) < 4.78 is 48.3. The van der Waals surface area contributed by atoms with Gasteiger partial charge in [-0.15, -0.1) is 11.3 Å². The molecule has 3 heterocycles. The molecule has 0 fully saturated rings. The molecule has 0 unspecified atom stereocenters. The predicted molar refractivity (Wildman–Crippen MR) is 269 cm³/mol. The van der Waals surface area contributed by atoms with Crippen molar-refractivity contribution in [2.24, 2.45) is 0 Å². The van der Waals surface area contributed by atoms with Crippen LogP contribution in [0, 0.1) is 0 Å². The lowest BCUT2D eigenvalue weighted by Crippen LogP contribution is -2.02. The Morgan fingerprint density at radius 1 is 0.375 bits per heavy atom. The normalized spacial score (nSPS) is 12.8. The van der Waals surface area contributed by atoms with Gasteiger partial charge in [-0.1, -0.05) is 176 Å². The van der Waals surface area contributed by atoms with Gasteiger partial charge in [0.05, 0.1) is 17.9 Å². The molecule has 0 atom stereocenters. The molecule has 0 saturated heterocycles. The van der Waals surface area contributed by atoms with Gasteiger partial charge in [0.15, 0.2) is 17.5 Å². The molecular weight excluding hydrogens is 797 g/mol. The maximum Gasteiger partial charge on any atom is 0.165 e. The van der Waals surface area contributed by atoms with Gasteiger partial charge in [-0.05, 0) is 86.3 Å². The standard InChI is InChI=1S/C59H36N4S/c1-3-15-37(16-4-1)38-27-29-39(30-28-38)41-31-32-55-49(33-41)50-35-43(63-53-25-13-11-23-47(53)48-24-12-14-26-54(48)63)36-52(56(50)64-55)59-61-57(40-17-5-2-6-18-40)60-58(62-59)51-34-42-19-7-8-20-44(42)45-21-9-10-22-46(45)51/h1-36H/i2D,5D,6D,17D,18D. The van der Waals surface area contributed by atoms with Gasteiger partial charge in [0.1, 0.15) is 0 Å². The number of hydrogen-bond donors (Lipinski definition) is 0. The lowest BCUT2D eigenvalue weighted by Gasteiger charge is -2.14. The second-order valence-electron chi connectivity index (χ2n) is 16.0.